The van der Waals surface area contributed by atoms with Gasteiger partial charge in [0.05, 0.1) is 6.54 Å². The quantitative estimate of drug-likeness (QED) is 0.442. The first-order chi connectivity index (χ1) is 12.1. The third-order valence-electron chi connectivity index (χ3n) is 4.37. The molecule has 1 aromatic carbocycles. The van der Waals surface area contributed by atoms with Gasteiger partial charge in [0.2, 0.25) is 0 Å². The van der Waals surface area contributed by atoms with E-state index < -0.39 is 0 Å². The number of ether oxygens (including phenoxy) is 1. The molecule has 1 fully saturated rings. The van der Waals surface area contributed by atoms with Crippen LogP contribution >= 0.6 is 11.6 Å². The minimum Gasteiger partial charge on any atom is -0.492 e. The number of likely N-dealkylation sites (tertiary alicyclic amines) is 1. The van der Waals surface area contributed by atoms with E-state index in [4.69, 9.17) is 16.3 Å². The van der Waals surface area contributed by atoms with Crippen LogP contribution in [0.4, 0.5) is 0 Å². The minimum atomic E-state index is 0.488. The number of piperidine rings is 1. The lowest BCUT2D eigenvalue weighted by atomic mass is 10.0. The molecule has 1 aliphatic heterocycles. The summed E-state index contributed by atoms with van der Waals surface area (Å²) in [5.74, 6) is 1.65. The van der Waals surface area contributed by atoms with Crippen molar-refractivity contribution in [1.29, 1.82) is 0 Å². The van der Waals surface area contributed by atoms with Crippen LogP contribution in [0.15, 0.2) is 29.3 Å². The normalized spacial score (nSPS) is 16.9. The summed E-state index contributed by atoms with van der Waals surface area (Å²) in [6.07, 6.45) is 2.31. The van der Waals surface area contributed by atoms with Gasteiger partial charge in [-0.25, -0.2) is 4.99 Å². The SMILES string of the molecule is CCNC(=NCCOc1cccc(Cl)c1)NC1CCN(C(C)C)CC1. The first-order valence-electron chi connectivity index (χ1n) is 9.25. The second kappa shape index (κ2) is 10.5. The summed E-state index contributed by atoms with van der Waals surface area (Å²) in [5, 5.41) is 7.56. The molecule has 0 saturated carbocycles. The third-order valence-corrected chi connectivity index (χ3v) is 4.61. The zero-order valence-corrected chi connectivity index (χ0v) is 16.4. The summed E-state index contributed by atoms with van der Waals surface area (Å²) < 4.78 is 5.69. The van der Waals surface area contributed by atoms with Crippen LogP contribution in [0.1, 0.15) is 33.6 Å². The fraction of sp³-hybridized carbons (Fsp3) is 0.632. The Morgan fingerprint density at radius 3 is 2.76 bits per heavy atom. The highest BCUT2D eigenvalue weighted by Crippen LogP contribution is 2.17. The van der Waals surface area contributed by atoms with Gasteiger partial charge < -0.3 is 20.3 Å². The maximum atomic E-state index is 5.96. The third kappa shape index (κ3) is 7.12. The van der Waals surface area contributed by atoms with Crippen LogP contribution in [-0.4, -0.2) is 55.7 Å². The second-order valence-electron chi connectivity index (χ2n) is 6.61. The molecule has 1 aliphatic rings. The molecule has 0 atom stereocenters. The molecule has 1 aromatic rings. The smallest absolute Gasteiger partial charge is 0.191 e. The molecule has 2 N–H and O–H groups in total. The number of hydrogen-bond acceptors (Lipinski definition) is 3. The molecule has 1 heterocycles. The van der Waals surface area contributed by atoms with Crippen LogP contribution in [0.25, 0.3) is 0 Å². The highest BCUT2D eigenvalue weighted by molar-refractivity contribution is 6.30. The summed E-state index contributed by atoms with van der Waals surface area (Å²) in [6.45, 7) is 10.9. The topological polar surface area (TPSA) is 48.9 Å². The van der Waals surface area contributed by atoms with Gasteiger partial charge in [-0.05, 0) is 51.8 Å². The van der Waals surface area contributed by atoms with Crippen molar-refractivity contribution in [3.05, 3.63) is 29.3 Å². The molecule has 0 amide bonds. The number of nitrogens with one attached hydrogen (secondary N) is 2. The molecular formula is C19H31ClN4O. The Morgan fingerprint density at radius 2 is 2.12 bits per heavy atom. The first kappa shape index (κ1) is 19.9. The number of guanidine groups is 1. The van der Waals surface area contributed by atoms with Gasteiger partial charge in [-0.1, -0.05) is 17.7 Å². The Bertz CT molecular complexity index is 542. The molecule has 0 aromatic heterocycles. The monoisotopic (exact) mass is 366 g/mol. The van der Waals surface area contributed by atoms with Crippen molar-refractivity contribution in [3.8, 4) is 5.75 Å². The molecule has 5 nitrogen and oxygen atoms in total. The van der Waals surface area contributed by atoms with Crippen molar-refractivity contribution in [2.45, 2.75) is 45.7 Å². The lowest BCUT2D eigenvalue weighted by Crippen LogP contribution is -2.50. The molecule has 0 radical (unpaired) electrons. The Hall–Kier alpha value is -1.46. The number of benzene rings is 1. The van der Waals surface area contributed by atoms with Crippen LogP contribution in [0.3, 0.4) is 0 Å². The highest BCUT2D eigenvalue weighted by atomic mass is 35.5. The average Bonchev–Trinajstić information content (AvgIpc) is 2.59. The van der Waals surface area contributed by atoms with Gasteiger partial charge in [-0.2, -0.15) is 0 Å². The van der Waals surface area contributed by atoms with Crippen LogP contribution in [0, 0.1) is 0 Å². The van der Waals surface area contributed by atoms with E-state index in [0.29, 0.717) is 30.3 Å². The van der Waals surface area contributed by atoms with Gasteiger partial charge in [0.1, 0.15) is 12.4 Å². The molecule has 25 heavy (non-hydrogen) atoms. The highest BCUT2D eigenvalue weighted by Gasteiger charge is 2.21. The average molecular weight is 367 g/mol. The fourth-order valence-electron chi connectivity index (χ4n) is 2.95. The fourth-order valence-corrected chi connectivity index (χ4v) is 3.13. The van der Waals surface area contributed by atoms with E-state index in [9.17, 15) is 0 Å². The van der Waals surface area contributed by atoms with Crippen LogP contribution in [0.5, 0.6) is 5.75 Å². The summed E-state index contributed by atoms with van der Waals surface area (Å²) >= 11 is 5.96. The summed E-state index contributed by atoms with van der Waals surface area (Å²) in [4.78, 5) is 7.15. The van der Waals surface area contributed by atoms with E-state index in [0.717, 1.165) is 44.2 Å². The number of hydrogen-bond donors (Lipinski definition) is 2. The number of nitrogens with zero attached hydrogens (tertiary/aromatic N) is 2. The van der Waals surface area contributed by atoms with Crippen molar-refractivity contribution in [1.82, 2.24) is 15.5 Å². The van der Waals surface area contributed by atoms with E-state index in [-0.39, 0.29) is 0 Å². The van der Waals surface area contributed by atoms with Gasteiger partial charge in [-0.15, -0.1) is 0 Å². The van der Waals surface area contributed by atoms with Crippen molar-refractivity contribution in [2.24, 2.45) is 4.99 Å². The van der Waals surface area contributed by atoms with Crippen molar-refractivity contribution < 1.29 is 4.74 Å². The van der Waals surface area contributed by atoms with Crippen molar-refractivity contribution >= 4 is 17.6 Å². The van der Waals surface area contributed by atoms with Gasteiger partial charge in [0.25, 0.3) is 0 Å². The molecule has 1 saturated heterocycles. The van der Waals surface area contributed by atoms with E-state index in [1.807, 2.05) is 24.3 Å². The largest absolute Gasteiger partial charge is 0.492 e. The summed E-state index contributed by atoms with van der Waals surface area (Å²) in [7, 11) is 0. The molecule has 6 heteroatoms. The maximum Gasteiger partial charge on any atom is 0.191 e. The molecule has 140 valence electrons. The molecule has 2 rings (SSSR count). The molecular weight excluding hydrogens is 336 g/mol. The number of aliphatic imine (C=N–C) groups is 1. The van der Waals surface area contributed by atoms with Crippen LogP contribution in [0.2, 0.25) is 5.02 Å². The molecule has 0 aliphatic carbocycles. The summed E-state index contributed by atoms with van der Waals surface area (Å²) in [5.41, 5.74) is 0. The first-order valence-corrected chi connectivity index (χ1v) is 9.63. The predicted octanol–water partition coefficient (Wildman–Crippen LogP) is 3.15. The molecule has 0 spiro atoms. The van der Waals surface area contributed by atoms with Gasteiger partial charge in [-0.3, -0.25) is 0 Å². The number of halogens is 1. The summed E-state index contributed by atoms with van der Waals surface area (Å²) in [6, 6.07) is 8.56. The van der Waals surface area contributed by atoms with Gasteiger partial charge in [0.15, 0.2) is 5.96 Å². The predicted molar refractivity (Wildman–Crippen MR) is 106 cm³/mol. The van der Waals surface area contributed by atoms with E-state index in [1.54, 1.807) is 0 Å². The van der Waals surface area contributed by atoms with E-state index in [2.05, 4.69) is 41.3 Å². The van der Waals surface area contributed by atoms with Gasteiger partial charge >= 0.3 is 0 Å². The lowest BCUT2D eigenvalue weighted by Gasteiger charge is -2.35. The Morgan fingerprint density at radius 1 is 1.36 bits per heavy atom. The molecule has 0 bridgehead atoms. The van der Waals surface area contributed by atoms with Crippen LogP contribution in [-0.2, 0) is 0 Å². The lowest BCUT2D eigenvalue weighted by molar-refractivity contribution is 0.167. The van der Waals surface area contributed by atoms with Crippen LogP contribution < -0.4 is 15.4 Å². The standard InChI is InChI=1S/C19H31ClN4O/c1-4-21-19(23-17-8-11-24(12-9-17)15(2)3)22-10-13-25-18-7-5-6-16(20)14-18/h5-7,14-15,17H,4,8-13H2,1-3H3,(H2,21,22,23). The number of rotatable bonds is 7. The Kier molecular flexibility index (Phi) is 8.35. The second-order valence-corrected chi connectivity index (χ2v) is 7.05. The zero-order valence-electron chi connectivity index (χ0n) is 15.6. The van der Waals surface area contributed by atoms with E-state index in [1.165, 1.54) is 0 Å². The van der Waals surface area contributed by atoms with Crippen molar-refractivity contribution in [3.63, 3.8) is 0 Å². The molecule has 0 unspecified atom stereocenters. The zero-order chi connectivity index (χ0) is 18.1. The maximum absolute atomic E-state index is 5.96. The Balaban J connectivity index is 1.76. The van der Waals surface area contributed by atoms with E-state index >= 15 is 0 Å². The van der Waals surface area contributed by atoms with Crippen molar-refractivity contribution in [2.75, 3.05) is 32.8 Å². The Labute approximate surface area is 156 Å². The minimum absolute atomic E-state index is 0.488. The van der Waals surface area contributed by atoms with Gasteiger partial charge in [0, 0.05) is 36.7 Å².